The van der Waals surface area contributed by atoms with Crippen molar-refractivity contribution in [3.63, 3.8) is 0 Å². The smallest absolute Gasteiger partial charge is 0.183 e. The van der Waals surface area contributed by atoms with Crippen molar-refractivity contribution in [3.8, 4) is 0 Å². The lowest BCUT2D eigenvalue weighted by molar-refractivity contribution is 0.151. The van der Waals surface area contributed by atoms with Crippen molar-refractivity contribution in [2.75, 3.05) is 24.6 Å². The van der Waals surface area contributed by atoms with Crippen LogP contribution in [0.4, 0.5) is 4.39 Å². The normalized spacial score (nSPS) is 28.9. The molecule has 0 N–H and O–H groups in total. The third-order valence-corrected chi connectivity index (χ3v) is 9.23. The summed E-state index contributed by atoms with van der Waals surface area (Å²) in [4.78, 5) is 2.00. The van der Waals surface area contributed by atoms with E-state index in [-0.39, 0.29) is 16.4 Å². The van der Waals surface area contributed by atoms with Gasteiger partial charge in [0.15, 0.2) is 19.7 Å². The molecule has 24 heavy (non-hydrogen) atoms. The number of likely N-dealkylation sites (tertiary alicyclic amines) is 1. The Hall–Kier alpha value is -0.990. The Kier molecular flexibility index (Phi) is 4.74. The maximum absolute atomic E-state index is 13.1. The van der Waals surface area contributed by atoms with Crippen molar-refractivity contribution in [1.29, 1.82) is 0 Å². The highest BCUT2D eigenvalue weighted by Gasteiger charge is 2.48. The lowest BCUT2D eigenvalue weighted by Crippen LogP contribution is -2.49. The standard InChI is InChI=1S/C16H22FNO4S2/c1-12-6-8-18(9-7-12)15-10-23(19,20)11-16(15)24(21,22)14-4-2-13(17)3-5-14/h2-5,12,15-16H,6-11H2,1H3. The highest BCUT2D eigenvalue weighted by atomic mass is 32.2. The van der Waals surface area contributed by atoms with Gasteiger partial charge in [-0.05, 0) is 56.1 Å². The Morgan fingerprint density at radius 1 is 1.08 bits per heavy atom. The van der Waals surface area contributed by atoms with Crippen molar-refractivity contribution in [2.24, 2.45) is 5.92 Å². The second-order valence-corrected chi connectivity index (χ2v) is 11.2. The van der Waals surface area contributed by atoms with Crippen LogP contribution in [-0.4, -0.2) is 57.6 Å². The quantitative estimate of drug-likeness (QED) is 0.749. The van der Waals surface area contributed by atoms with Crippen molar-refractivity contribution in [2.45, 2.75) is 36.0 Å². The topological polar surface area (TPSA) is 71.5 Å². The molecule has 8 heteroatoms. The molecule has 2 unspecified atom stereocenters. The second kappa shape index (κ2) is 6.38. The summed E-state index contributed by atoms with van der Waals surface area (Å²) in [6.45, 7) is 3.59. The van der Waals surface area contributed by atoms with E-state index < -0.39 is 36.8 Å². The summed E-state index contributed by atoms with van der Waals surface area (Å²) in [6.07, 6.45) is 1.89. The third kappa shape index (κ3) is 3.50. The number of nitrogens with zero attached hydrogens (tertiary/aromatic N) is 1. The van der Waals surface area contributed by atoms with Gasteiger partial charge in [0.2, 0.25) is 0 Å². The fraction of sp³-hybridized carbons (Fsp3) is 0.625. The van der Waals surface area contributed by atoms with E-state index in [1.54, 1.807) is 0 Å². The molecule has 2 aliphatic rings. The van der Waals surface area contributed by atoms with Crippen LogP contribution in [0.25, 0.3) is 0 Å². The molecule has 0 aromatic heterocycles. The number of halogens is 1. The van der Waals surface area contributed by atoms with Crippen LogP contribution in [0.15, 0.2) is 29.2 Å². The Morgan fingerprint density at radius 2 is 1.67 bits per heavy atom. The van der Waals surface area contributed by atoms with Crippen LogP contribution in [-0.2, 0) is 19.7 Å². The van der Waals surface area contributed by atoms with Crippen molar-refractivity contribution in [1.82, 2.24) is 4.90 Å². The lowest BCUT2D eigenvalue weighted by atomic mass is 9.98. The van der Waals surface area contributed by atoms with E-state index in [2.05, 4.69) is 6.92 Å². The fourth-order valence-electron chi connectivity index (χ4n) is 3.59. The predicted octanol–water partition coefficient (Wildman–Crippen LogP) is 1.50. The molecule has 2 fully saturated rings. The Bertz CT molecular complexity index is 797. The Balaban J connectivity index is 1.92. The molecule has 0 saturated carbocycles. The van der Waals surface area contributed by atoms with Gasteiger partial charge in [-0.3, -0.25) is 4.90 Å². The van der Waals surface area contributed by atoms with Crippen LogP contribution in [0.1, 0.15) is 19.8 Å². The molecule has 0 radical (unpaired) electrons. The zero-order chi connectivity index (χ0) is 17.5. The molecule has 0 spiro atoms. The van der Waals surface area contributed by atoms with Crippen LogP contribution in [0.3, 0.4) is 0 Å². The van der Waals surface area contributed by atoms with Gasteiger partial charge in [0.1, 0.15) is 5.82 Å². The third-order valence-electron chi connectivity index (χ3n) is 5.10. The molecule has 0 amide bonds. The van der Waals surface area contributed by atoms with E-state index in [0.29, 0.717) is 5.92 Å². The number of sulfone groups is 2. The van der Waals surface area contributed by atoms with Crippen molar-refractivity contribution >= 4 is 19.7 Å². The average molecular weight is 375 g/mol. The van der Waals surface area contributed by atoms with Crippen LogP contribution in [0, 0.1) is 11.7 Å². The molecule has 0 bridgehead atoms. The summed E-state index contributed by atoms with van der Waals surface area (Å²) in [5.41, 5.74) is 0. The minimum absolute atomic E-state index is 0.0126. The van der Waals surface area contributed by atoms with E-state index in [0.717, 1.165) is 38.1 Å². The van der Waals surface area contributed by atoms with Gasteiger partial charge < -0.3 is 0 Å². The zero-order valence-electron chi connectivity index (χ0n) is 13.6. The monoisotopic (exact) mass is 375 g/mol. The average Bonchev–Trinajstić information content (AvgIpc) is 2.85. The number of piperidine rings is 1. The van der Waals surface area contributed by atoms with E-state index in [1.165, 1.54) is 12.1 Å². The minimum Gasteiger partial charge on any atom is -0.298 e. The van der Waals surface area contributed by atoms with Gasteiger partial charge in [-0.1, -0.05) is 6.92 Å². The Labute approximate surface area is 142 Å². The molecule has 5 nitrogen and oxygen atoms in total. The number of benzene rings is 1. The summed E-state index contributed by atoms with van der Waals surface area (Å²) in [5, 5.41) is -0.985. The number of hydrogen-bond donors (Lipinski definition) is 0. The number of rotatable bonds is 3. The molecule has 134 valence electrons. The summed E-state index contributed by atoms with van der Waals surface area (Å²) in [7, 11) is -7.23. The molecule has 1 aromatic rings. The molecule has 1 aromatic carbocycles. The van der Waals surface area contributed by atoms with Gasteiger partial charge in [-0.25, -0.2) is 21.2 Å². The van der Waals surface area contributed by atoms with Crippen molar-refractivity contribution < 1.29 is 21.2 Å². The lowest BCUT2D eigenvalue weighted by Gasteiger charge is -2.36. The van der Waals surface area contributed by atoms with E-state index in [9.17, 15) is 21.2 Å². The molecule has 2 saturated heterocycles. The van der Waals surface area contributed by atoms with Crippen molar-refractivity contribution in [3.05, 3.63) is 30.1 Å². The van der Waals surface area contributed by atoms with Gasteiger partial charge in [0, 0.05) is 6.04 Å². The van der Waals surface area contributed by atoms with E-state index >= 15 is 0 Å². The van der Waals surface area contributed by atoms with E-state index in [4.69, 9.17) is 0 Å². The first-order chi connectivity index (χ1) is 11.2. The second-order valence-electron chi connectivity index (χ2n) is 6.90. The summed E-state index contributed by atoms with van der Waals surface area (Å²) >= 11 is 0. The molecule has 2 atom stereocenters. The summed E-state index contributed by atoms with van der Waals surface area (Å²) in [5.74, 6) is -0.420. The van der Waals surface area contributed by atoms with Crippen LogP contribution in [0.5, 0.6) is 0 Å². The van der Waals surface area contributed by atoms with Gasteiger partial charge in [-0.2, -0.15) is 0 Å². The summed E-state index contributed by atoms with van der Waals surface area (Å²) in [6, 6.07) is 4.09. The first kappa shape index (κ1) is 17.8. The maximum Gasteiger partial charge on any atom is 0.183 e. The van der Waals surface area contributed by atoms with Gasteiger partial charge in [0.05, 0.1) is 21.7 Å². The highest BCUT2D eigenvalue weighted by Crippen LogP contribution is 2.31. The fourth-order valence-corrected chi connectivity index (χ4v) is 8.42. The van der Waals surface area contributed by atoms with Gasteiger partial charge in [0.25, 0.3) is 0 Å². The largest absolute Gasteiger partial charge is 0.298 e. The molecule has 3 rings (SSSR count). The SMILES string of the molecule is CC1CCN(C2CS(=O)(=O)CC2S(=O)(=O)c2ccc(F)cc2)CC1. The minimum atomic E-state index is -3.83. The highest BCUT2D eigenvalue weighted by molar-refractivity contribution is 7.96. The van der Waals surface area contributed by atoms with Crippen LogP contribution >= 0.6 is 0 Å². The first-order valence-corrected chi connectivity index (χ1v) is 11.5. The molecule has 2 aliphatic heterocycles. The van der Waals surface area contributed by atoms with Gasteiger partial charge in [-0.15, -0.1) is 0 Å². The van der Waals surface area contributed by atoms with E-state index in [1.807, 2.05) is 4.90 Å². The van der Waals surface area contributed by atoms with Crippen LogP contribution in [0.2, 0.25) is 0 Å². The summed E-state index contributed by atoms with van der Waals surface area (Å²) < 4.78 is 63.2. The Morgan fingerprint density at radius 3 is 2.25 bits per heavy atom. The molecule has 0 aliphatic carbocycles. The maximum atomic E-state index is 13.1. The molecule has 2 heterocycles. The predicted molar refractivity (Wildman–Crippen MR) is 89.8 cm³/mol. The first-order valence-electron chi connectivity index (χ1n) is 8.13. The van der Waals surface area contributed by atoms with Crippen LogP contribution < -0.4 is 0 Å². The molecular formula is C16H22FNO4S2. The van der Waals surface area contributed by atoms with Gasteiger partial charge >= 0.3 is 0 Å². The molecular weight excluding hydrogens is 353 g/mol. The zero-order valence-corrected chi connectivity index (χ0v) is 15.2. The number of hydrogen-bond acceptors (Lipinski definition) is 5.